The van der Waals surface area contributed by atoms with Crippen LogP contribution >= 0.6 is 0 Å². The van der Waals surface area contributed by atoms with Gasteiger partial charge in [0.05, 0.1) is 46.2 Å². The zero-order valence-electron chi connectivity index (χ0n) is 7.74. The lowest BCUT2D eigenvalue weighted by Crippen LogP contribution is -2.20. The van der Waals surface area contributed by atoms with Crippen molar-refractivity contribution in [3.63, 3.8) is 0 Å². The Hall–Kier alpha value is -0.160. The number of epoxide rings is 1. The number of hydrogen-bond acceptors (Lipinski definition) is 4. The third kappa shape index (κ3) is 3.60. The molecule has 2 heterocycles. The maximum atomic E-state index is 5.47. The highest BCUT2D eigenvalue weighted by Crippen LogP contribution is 2.10. The summed E-state index contributed by atoms with van der Waals surface area (Å²) in [4.78, 5) is 0. The molecule has 4 heteroatoms. The van der Waals surface area contributed by atoms with Crippen molar-refractivity contribution in [2.24, 2.45) is 5.92 Å². The van der Waals surface area contributed by atoms with E-state index in [2.05, 4.69) is 0 Å². The van der Waals surface area contributed by atoms with Gasteiger partial charge in [0, 0.05) is 5.92 Å². The smallest absolute Gasteiger partial charge is 0.104 e. The average Bonchev–Trinajstić information content (AvgIpc) is 2.91. The van der Waals surface area contributed by atoms with Crippen LogP contribution in [0.4, 0.5) is 0 Å². The monoisotopic (exact) mass is 188 g/mol. The molecule has 0 aromatic heterocycles. The molecule has 0 saturated carbocycles. The molecular weight excluding hydrogens is 172 g/mol. The maximum Gasteiger partial charge on any atom is 0.104 e. The summed E-state index contributed by atoms with van der Waals surface area (Å²) in [5.41, 5.74) is 0. The Morgan fingerprint density at radius 3 is 2.31 bits per heavy atom. The van der Waals surface area contributed by atoms with Crippen LogP contribution in [0.2, 0.25) is 0 Å². The Morgan fingerprint density at radius 1 is 1.00 bits per heavy atom. The first kappa shape index (κ1) is 9.40. The summed E-state index contributed by atoms with van der Waals surface area (Å²) in [5.74, 6) is 0.390. The Kier molecular flexibility index (Phi) is 3.55. The molecule has 4 nitrogen and oxygen atoms in total. The first-order valence-corrected chi connectivity index (χ1v) is 4.80. The molecule has 76 valence electrons. The normalized spacial score (nSPS) is 30.0. The largest absolute Gasteiger partial charge is 0.379 e. The molecule has 2 fully saturated rings. The number of rotatable bonds is 4. The Morgan fingerprint density at radius 2 is 1.69 bits per heavy atom. The van der Waals surface area contributed by atoms with E-state index in [1.54, 1.807) is 0 Å². The molecular formula is C9H16O4. The van der Waals surface area contributed by atoms with Gasteiger partial charge in [0.2, 0.25) is 0 Å². The second-order valence-corrected chi connectivity index (χ2v) is 3.51. The zero-order valence-corrected chi connectivity index (χ0v) is 7.74. The van der Waals surface area contributed by atoms with Gasteiger partial charge in [-0.15, -0.1) is 0 Å². The van der Waals surface area contributed by atoms with E-state index >= 15 is 0 Å². The summed E-state index contributed by atoms with van der Waals surface area (Å²) < 4.78 is 21.2. The highest BCUT2D eigenvalue weighted by molar-refractivity contribution is 4.68. The molecule has 0 bridgehead atoms. The molecule has 0 N–H and O–H groups in total. The van der Waals surface area contributed by atoms with Gasteiger partial charge < -0.3 is 18.9 Å². The molecule has 1 atom stereocenters. The van der Waals surface area contributed by atoms with Crippen LogP contribution in [-0.4, -0.2) is 52.4 Å². The van der Waals surface area contributed by atoms with Gasteiger partial charge in [-0.2, -0.15) is 0 Å². The first-order valence-electron chi connectivity index (χ1n) is 4.80. The first-order chi connectivity index (χ1) is 6.45. The van der Waals surface area contributed by atoms with Crippen LogP contribution in [0.5, 0.6) is 0 Å². The molecule has 13 heavy (non-hydrogen) atoms. The van der Waals surface area contributed by atoms with Crippen LogP contribution in [-0.2, 0) is 18.9 Å². The highest BCUT2D eigenvalue weighted by atomic mass is 16.6. The average molecular weight is 188 g/mol. The fraction of sp³-hybridized carbons (Fsp3) is 1.00. The van der Waals surface area contributed by atoms with Crippen LogP contribution in [0, 0.1) is 5.92 Å². The van der Waals surface area contributed by atoms with E-state index < -0.39 is 0 Å². The van der Waals surface area contributed by atoms with E-state index in [-0.39, 0.29) is 0 Å². The minimum Gasteiger partial charge on any atom is -0.379 e. The molecule has 0 radical (unpaired) electrons. The van der Waals surface area contributed by atoms with E-state index in [0.29, 0.717) is 25.2 Å². The molecule has 0 aliphatic carbocycles. The summed E-state index contributed by atoms with van der Waals surface area (Å²) in [6.45, 7) is 5.23. The quantitative estimate of drug-likeness (QED) is 0.585. The van der Waals surface area contributed by atoms with Crippen molar-refractivity contribution < 1.29 is 18.9 Å². The van der Waals surface area contributed by atoms with Gasteiger partial charge in [0.25, 0.3) is 0 Å². The lowest BCUT2D eigenvalue weighted by Gasteiger charge is -2.12. The lowest BCUT2D eigenvalue weighted by molar-refractivity contribution is 0.0372. The standard InChI is InChI=1S/C9H16O4/c1-2-11-4-8(3-10-1)5-12-6-9-7-13-9/h8-9H,1-7H2. The van der Waals surface area contributed by atoms with Gasteiger partial charge in [-0.3, -0.25) is 0 Å². The van der Waals surface area contributed by atoms with Crippen LogP contribution in [0.3, 0.4) is 0 Å². The van der Waals surface area contributed by atoms with Gasteiger partial charge in [-0.05, 0) is 0 Å². The van der Waals surface area contributed by atoms with Gasteiger partial charge in [-0.25, -0.2) is 0 Å². The third-order valence-corrected chi connectivity index (χ3v) is 2.14. The van der Waals surface area contributed by atoms with Crippen LogP contribution in [0.15, 0.2) is 0 Å². The van der Waals surface area contributed by atoms with Crippen molar-refractivity contribution in [2.45, 2.75) is 6.10 Å². The van der Waals surface area contributed by atoms with Crippen molar-refractivity contribution in [1.29, 1.82) is 0 Å². The zero-order chi connectivity index (χ0) is 8.93. The van der Waals surface area contributed by atoms with Crippen LogP contribution in [0.1, 0.15) is 0 Å². The second-order valence-electron chi connectivity index (χ2n) is 3.51. The van der Waals surface area contributed by atoms with Gasteiger partial charge >= 0.3 is 0 Å². The molecule has 0 aromatic rings. The predicted octanol–water partition coefficient (Wildman–Crippen LogP) is 0.0648. The molecule has 0 amide bonds. The maximum absolute atomic E-state index is 5.47. The summed E-state index contributed by atoms with van der Waals surface area (Å²) in [6.07, 6.45) is 0.354. The van der Waals surface area contributed by atoms with Crippen molar-refractivity contribution >= 4 is 0 Å². The van der Waals surface area contributed by atoms with Crippen molar-refractivity contribution in [3.8, 4) is 0 Å². The number of ether oxygens (including phenoxy) is 4. The Labute approximate surface area is 78.1 Å². The Bertz CT molecular complexity index is 139. The molecule has 0 spiro atoms. The van der Waals surface area contributed by atoms with Crippen molar-refractivity contribution in [3.05, 3.63) is 0 Å². The fourth-order valence-corrected chi connectivity index (χ4v) is 1.29. The molecule has 2 saturated heterocycles. The van der Waals surface area contributed by atoms with E-state index in [1.807, 2.05) is 0 Å². The lowest BCUT2D eigenvalue weighted by atomic mass is 10.2. The SMILES string of the molecule is C1COCC(COCC2CO2)CO1. The highest BCUT2D eigenvalue weighted by Gasteiger charge is 2.23. The number of hydrogen-bond donors (Lipinski definition) is 0. The molecule has 1 unspecified atom stereocenters. The minimum absolute atomic E-state index is 0.354. The topological polar surface area (TPSA) is 40.2 Å². The van der Waals surface area contributed by atoms with Crippen molar-refractivity contribution in [2.75, 3.05) is 46.2 Å². The molecule has 2 aliphatic rings. The molecule has 0 aromatic carbocycles. The van der Waals surface area contributed by atoms with Gasteiger partial charge in [-0.1, -0.05) is 0 Å². The van der Waals surface area contributed by atoms with E-state index in [1.165, 1.54) is 0 Å². The van der Waals surface area contributed by atoms with Gasteiger partial charge in [0.1, 0.15) is 6.10 Å². The van der Waals surface area contributed by atoms with Crippen LogP contribution < -0.4 is 0 Å². The van der Waals surface area contributed by atoms with E-state index in [9.17, 15) is 0 Å². The van der Waals surface area contributed by atoms with Crippen molar-refractivity contribution in [1.82, 2.24) is 0 Å². The summed E-state index contributed by atoms with van der Waals surface area (Å²) in [5, 5.41) is 0. The van der Waals surface area contributed by atoms with Crippen LogP contribution in [0.25, 0.3) is 0 Å². The summed E-state index contributed by atoms with van der Waals surface area (Å²) in [7, 11) is 0. The minimum atomic E-state index is 0.354. The van der Waals surface area contributed by atoms with E-state index in [0.717, 1.165) is 33.0 Å². The summed E-state index contributed by atoms with van der Waals surface area (Å²) in [6, 6.07) is 0. The molecule has 2 rings (SSSR count). The second kappa shape index (κ2) is 4.91. The third-order valence-electron chi connectivity index (χ3n) is 2.14. The Balaban J connectivity index is 1.55. The predicted molar refractivity (Wildman–Crippen MR) is 45.7 cm³/mol. The fourth-order valence-electron chi connectivity index (χ4n) is 1.29. The van der Waals surface area contributed by atoms with E-state index in [4.69, 9.17) is 18.9 Å². The summed E-state index contributed by atoms with van der Waals surface area (Å²) >= 11 is 0. The van der Waals surface area contributed by atoms with Gasteiger partial charge in [0.15, 0.2) is 0 Å². The molecule has 2 aliphatic heterocycles.